The monoisotopic (exact) mass is 359 g/mol. The van der Waals surface area contributed by atoms with Crippen LogP contribution in [0.4, 0.5) is 18.0 Å². The molecule has 0 saturated carbocycles. The summed E-state index contributed by atoms with van der Waals surface area (Å²) in [5.41, 5.74) is 1.32. The molecular formula is C15H13ClF3N3O2. The summed E-state index contributed by atoms with van der Waals surface area (Å²) in [4.78, 5) is 13.6. The molecule has 3 rings (SSSR count). The zero-order valence-electron chi connectivity index (χ0n) is 12.4. The number of amides is 1. The van der Waals surface area contributed by atoms with Crippen LogP contribution in [0.15, 0.2) is 24.4 Å². The van der Waals surface area contributed by atoms with Gasteiger partial charge >= 0.3 is 12.3 Å². The number of hydrogen-bond acceptors (Lipinski definition) is 3. The van der Waals surface area contributed by atoms with Crippen LogP contribution >= 0.6 is 11.6 Å². The minimum atomic E-state index is -4.51. The summed E-state index contributed by atoms with van der Waals surface area (Å²) in [7, 11) is 0. The second-order valence-corrected chi connectivity index (χ2v) is 5.80. The predicted molar refractivity (Wildman–Crippen MR) is 79.3 cm³/mol. The highest BCUT2D eigenvalue weighted by atomic mass is 35.5. The molecule has 0 aliphatic carbocycles. The number of H-pyrrole nitrogens is 1. The molecule has 0 radical (unpaired) electrons. The van der Waals surface area contributed by atoms with Crippen molar-refractivity contribution in [1.29, 1.82) is 0 Å². The van der Waals surface area contributed by atoms with Gasteiger partial charge in [-0.25, -0.2) is 4.79 Å². The number of benzene rings is 1. The van der Waals surface area contributed by atoms with Crippen LogP contribution in [0.3, 0.4) is 0 Å². The van der Waals surface area contributed by atoms with Gasteiger partial charge in [0, 0.05) is 12.7 Å². The molecule has 9 heteroatoms. The molecule has 1 aromatic carbocycles. The normalized spacial score (nSPS) is 14.4. The van der Waals surface area contributed by atoms with E-state index in [-0.39, 0.29) is 6.61 Å². The lowest BCUT2D eigenvalue weighted by molar-refractivity contribution is -0.137. The number of ether oxygens (including phenoxy) is 1. The molecule has 1 amide bonds. The highest BCUT2D eigenvalue weighted by molar-refractivity contribution is 6.31. The fraction of sp³-hybridized carbons (Fsp3) is 0.333. The number of alkyl halides is 3. The minimum Gasteiger partial charge on any atom is -0.445 e. The molecule has 0 fully saturated rings. The van der Waals surface area contributed by atoms with Crippen LogP contribution in [-0.2, 0) is 30.5 Å². The number of carbonyl (C=O) groups excluding carboxylic acids is 1. The van der Waals surface area contributed by atoms with Crippen molar-refractivity contribution in [2.75, 3.05) is 6.54 Å². The summed E-state index contributed by atoms with van der Waals surface area (Å²) in [6, 6.07) is 3.27. The van der Waals surface area contributed by atoms with Gasteiger partial charge in [0.25, 0.3) is 0 Å². The maximum Gasteiger partial charge on any atom is 0.417 e. The van der Waals surface area contributed by atoms with Gasteiger partial charge in [-0.15, -0.1) is 0 Å². The number of aromatic amines is 1. The lowest BCUT2D eigenvalue weighted by Gasteiger charge is -2.25. The van der Waals surface area contributed by atoms with Crippen LogP contribution in [0.1, 0.15) is 22.4 Å². The van der Waals surface area contributed by atoms with Crippen molar-refractivity contribution in [3.8, 4) is 0 Å². The zero-order valence-corrected chi connectivity index (χ0v) is 13.1. The fourth-order valence-electron chi connectivity index (χ4n) is 2.48. The van der Waals surface area contributed by atoms with Gasteiger partial charge in [0.1, 0.15) is 6.61 Å². The number of hydrogen-bond donors (Lipinski definition) is 1. The molecule has 1 N–H and O–H groups in total. The molecule has 5 nitrogen and oxygen atoms in total. The Morgan fingerprint density at radius 2 is 2.21 bits per heavy atom. The van der Waals surface area contributed by atoms with Crippen LogP contribution in [0.2, 0.25) is 5.02 Å². The van der Waals surface area contributed by atoms with E-state index in [0.29, 0.717) is 25.1 Å². The molecule has 128 valence electrons. The summed E-state index contributed by atoms with van der Waals surface area (Å²) in [5.74, 6) is 0. The van der Waals surface area contributed by atoms with E-state index in [0.717, 1.165) is 23.4 Å². The quantitative estimate of drug-likeness (QED) is 0.887. The van der Waals surface area contributed by atoms with Gasteiger partial charge in [-0.3, -0.25) is 5.10 Å². The van der Waals surface area contributed by atoms with Crippen LogP contribution in [0.25, 0.3) is 0 Å². The molecule has 1 aliphatic rings. The van der Waals surface area contributed by atoms with Gasteiger partial charge in [0.05, 0.1) is 22.8 Å². The third-order valence-electron chi connectivity index (χ3n) is 3.76. The first-order valence-electron chi connectivity index (χ1n) is 7.13. The summed E-state index contributed by atoms with van der Waals surface area (Å²) in [5, 5.41) is 6.38. The maximum absolute atomic E-state index is 12.6. The zero-order chi connectivity index (χ0) is 17.3. The van der Waals surface area contributed by atoms with Crippen LogP contribution in [-0.4, -0.2) is 27.7 Å². The van der Waals surface area contributed by atoms with Gasteiger partial charge in [0.2, 0.25) is 0 Å². The smallest absolute Gasteiger partial charge is 0.417 e. The Kier molecular flexibility index (Phi) is 4.40. The number of nitrogens with one attached hydrogen (secondary N) is 1. The Balaban J connectivity index is 1.60. The van der Waals surface area contributed by atoms with E-state index in [9.17, 15) is 18.0 Å². The first kappa shape index (κ1) is 16.6. The van der Waals surface area contributed by atoms with E-state index < -0.39 is 22.9 Å². The summed E-state index contributed by atoms with van der Waals surface area (Å²) in [6.07, 6.45) is -2.59. The topological polar surface area (TPSA) is 58.2 Å². The van der Waals surface area contributed by atoms with Gasteiger partial charge in [-0.1, -0.05) is 17.7 Å². The number of carbonyl (C=O) groups is 1. The number of fused-ring (bicyclic) bond motifs is 1. The Morgan fingerprint density at radius 3 is 2.92 bits per heavy atom. The number of nitrogens with zero attached hydrogens (tertiary/aromatic N) is 2. The Labute approximate surface area is 140 Å². The number of halogens is 4. The fourth-order valence-corrected chi connectivity index (χ4v) is 2.79. The summed E-state index contributed by atoms with van der Waals surface area (Å²) >= 11 is 5.64. The second kappa shape index (κ2) is 6.35. The van der Waals surface area contributed by atoms with Crippen molar-refractivity contribution >= 4 is 17.7 Å². The molecule has 0 saturated heterocycles. The Bertz CT molecular complexity index is 761. The van der Waals surface area contributed by atoms with Crippen molar-refractivity contribution in [3.63, 3.8) is 0 Å². The average molecular weight is 360 g/mol. The lowest BCUT2D eigenvalue weighted by Crippen LogP contribution is -2.36. The lowest BCUT2D eigenvalue weighted by atomic mass is 10.1. The van der Waals surface area contributed by atoms with Crippen molar-refractivity contribution < 1.29 is 22.7 Å². The molecule has 1 aliphatic heterocycles. The van der Waals surface area contributed by atoms with E-state index in [1.807, 2.05) is 0 Å². The molecule has 2 heterocycles. The van der Waals surface area contributed by atoms with Crippen molar-refractivity contribution in [1.82, 2.24) is 15.1 Å². The van der Waals surface area contributed by atoms with Crippen molar-refractivity contribution in [2.24, 2.45) is 0 Å². The standard InChI is InChI=1S/C15H13ClF3N3O2/c16-12-5-9(1-2-11(12)15(17,18)19)8-24-14(23)22-4-3-10-6-20-21-13(10)7-22/h1-2,5-6H,3-4,7-8H2,(H,20,21). The molecule has 0 atom stereocenters. The van der Waals surface area contributed by atoms with Crippen LogP contribution in [0, 0.1) is 0 Å². The van der Waals surface area contributed by atoms with Gasteiger partial charge in [-0.2, -0.15) is 18.3 Å². The van der Waals surface area contributed by atoms with E-state index in [2.05, 4.69) is 10.2 Å². The Hall–Kier alpha value is -2.22. The van der Waals surface area contributed by atoms with Gasteiger partial charge in [0.15, 0.2) is 0 Å². The number of rotatable bonds is 2. The van der Waals surface area contributed by atoms with Crippen LogP contribution in [0.5, 0.6) is 0 Å². The van der Waals surface area contributed by atoms with Crippen LogP contribution < -0.4 is 0 Å². The highest BCUT2D eigenvalue weighted by Gasteiger charge is 2.33. The van der Waals surface area contributed by atoms with E-state index in [1.165, 1.54) is 11.0 Å². The highest BCUT2D eigenvalue weighted by Crippen LogP contribution is 2.35. The molecule has 0 bridgehead atoms. The largest absolute Gasteiger partial charge is 0.445 e. The summed E-state index contributed by atoms with van der Waals surface area (Å²) in [6.45, 7) is 0.686. The minimum absolute atomic E-state index is 0.152. The Morgan fingerprint density at radius 1 is 1.42 bits per heavy atom. The third-order valence-corrected chi connectivity index (χ3v) is 4.07. The first-order valence-corrected chi connectivity index (χ1v) is 7.51. The molecule has 24 heavy (non-hydrogen) atoms. The molecule has 2 aromatic rings. The first-order chi connectivity index (χ1) is 11.3. The second-order valence-electron chi connectivity index (χ2n) is 5.40. The van der Waals surface area contributed by atoms with Gasteiger partial charge < -0.3 is 9.64 Å². The van der Waals surface area contributed by atoms with E-state index >= 15 is 0 Å². The SMILES string of the molecule is O=C(OCc1ccc(C(F)(F)F)c(Cl)c1)N1CCc2c[nH]nc2C1. The molecule has 0 spiro atoms. The van der Waals surface area contributed by atoms with E-state index in [4.69, 9.17) is 16.3 Å². The van der Waals surface area contributed by atoms with E-state index in [1.54, 1.807) is 6.20 Å². The maximum atomic E-state index is 12.6. The van der Waals surface area contributed by atoms with Gasteiger partial charge in [-0.05, 0) is 29.7 Å². The average Bonchev–Trinajstić information content (AvgIpc) is 2.98. The molecule has 0 unspecified atom stereocenters. The summed E-state index contributed by atoms with van der Waals surface area (Å²) < 4.78 is 43.1. The van der Waals surface area contributed by atoms with Crippen molar-refractivity contribution in [3.05, 3.63) is 51.8 Å². The molecule has 1 aromatic heterocycles. The molecular weight excluding hydrogens is 347 g/mol. The third kappa shape index (κ3) is 3.48. The predicted octanol–water partition coefficient (Wildman–Crippen LogP) is 3.78. The van der Waals surface area contributed by atoms with Crippen molar-refractivity contribution in [2.45, 2.75) is 25.7 Å². The number of aromatic nitrogens is 2.